The van der Waals surface area contributed by atoms with E-state index in [1.807, 2.05) is 44.8 Å². The number of hydrogen-bond acceptors (Lipinski definition) is 7. The number of aliphatic hydroxyl groups is 1. The lowest BCUT2D eigenvalue weighted by Crippen LogP contribution is -2.26. The van der Waals surface area contributed by atoms with Gasteiger partial charge in [0.05, 0.1) is 30.5 Å². The Hall–Kier alpha value is -3.46. The van der Waals surface area contributed by atoms with Gasteiger partial charge in [-0.25, -0.2) is 4.98 Å². The first kappa shape index (κ1) is 20.4. The molecule has 1 aliphatic rings. The summed E-state index contributed by atoms with van der Waals surface area (Å²) in [7, 11) is 3.78. The van der Waals surface area contributed by atoms with Crippen molar-refractivity contribution in [2.75, 3.05) is 12.4 Å². The molecule has 0 unspecified atom stereocenters. The molecule has 5 rings (SSSR count). The summed E-state index contributed by atoms with van der Waals surface area (Å²) in [5.74, 6) is 1.49. The zero-order valence-electron chi connectivity index (χ0n) is 18.3. The number of ether oxygens (including phenoxy) is 1. The van der Waals surface area contributed by atoms with Gasteiger partial charge in [0, 0.05) is 49.7 Å². The van der Waals surface area contributed by atoms with E-state index >= 15 is 0 Å². The van der Waals surface area contributed by atoms with E-state index in [0.717, 1.165) is 53.7 Å². The fourth-order valence-corrected chi connectivity index (χ4v) is 4.44. The standard InChI is InChI=1S/C23H27N7O2/c1-24-22-10-20-18(12-26-22)23(15-11-27-29(2)13-15)28-30(20)16-5-7-17(8-6-16)32-21-4-3-9-25-19(21)14-31/h3-4,9-13,16-17,31H,5-8,14H2,1-2H3,(H,24,26). The molecule has 4 heterocycles. The van der Waals surface area contributed by atoms with E-state index in [4.69, 9.17) is 9.84 Å². The van der Waals surface area contributed by atoms with Crippen LogP contribution in [0.25, 0.3) is 22.2 Å². The minimum atomic E-state index is -0.121. The van der Waals surface area contributed by atoms with E-state index in [2.05, 4.69) is 31.1 Å². The van der Waals surface area contributed by atoms with Crippen LogP contribution in [0.1, 0.15) is 37.4 Å². The van der Waals surface area contributed by atoms with Gasteiger partial charge in [0.1, 0.15) is 23.0 Å². The van der Waals surface area contributed by atoms with Crippen molar-refractivity contribution in [1.29, 1.82) is 0 Å². The number of hydrogen-bond donors (Lipinski definition) is 2. The molecule has 0 spiro atoms. The van der Waals surface area contributed by atoms with Crippen LogP contribution in [0.3, 0.4) is 0 Å². The summed E-state index contributed by atoms with van der Waals surface area (Å²) >= 11 is 0. The molecule has 4 aromatic heterocycles. The molecule has 0 atom stereocenters. The topological polar surface area (TPSA) is 103 Å². The molecule has 0 amide bonds. The minimum absolute atomic E-state index is 0.106. The van der Waals surface area contributed by atoms with Gasteiger partial charge in [0.25, 0.3) is 0 Å². The van der Waals surface area contributed by atoms with Crippen molar-refractivity contribution in [3.63, 3.8) is 0 Å². The van der Waals surface area contributed by atoms with Crippen molar-refractivity contribution in [3.8, 4) is 17.0 Å². The normalized spacial score (nSPS) is 18.7. The smallest absolute Gasteiger partial charge is 0.143 e. The molecule has 9 nitrogen and oxygen atoms in total. The summed E-state index contributed by atoms with van der Waals surface area (Å²) in [5.41, 5.74) is 3.55. The lowest BCUT2D eigenvalue weighted by Gasteiger charge is -2.30. The molecule has 0 radical (unpaired) electrons. The van der Waals surface area contributed by atoms with Crippen LogP contribution >= 0.6 is 0 Å². The van der Waals surface area contributed by atoms with Crippen LogP contribution in [0.15, 0.2) is 43.0 Å². The first-order chi connectivity index (χ1) is 15.7. The number of rotatable bonds is 6. The highest BCUT2D eigenvalue weighted by molar-refractivity contribution is 5.93. The number of anilines is 1. The lowest BCUT2D eigenvalue weighted by molar-refractivity contribution is 0.126. The van der Waals surface area contributed by atoms with Crippen LogP contribution in [0.2, 0.25) is 0 Å². The Morgan fingerprint density at radius 1 is 1.19 bits per heavy atom. The molecule has 1 fully saturated rings. The molecule has 166 valence electrons. The van der Waals surface area contributed by atoms with Crippen LogP contribution < -0.4 is 10.1 Å². The summed E-state index contributed by atoms with van der Waals surface area (Å²) in [5, 5.41) is 23.0. The molecular weight excluding hydrogens is 406 g/mol. The molecule has 4 aromatic rings. The Morgan fingerprint density at radius 3 is 2.75 bits per heavy atom. The summed E-state index contributed by atoms with van der Waals surface area (Å²) < 4.78 is 10.1. The first-order valence-electron chi connectivity index (χ1n) is 10.9. The van der Waals surface area contributed by atoms with E-state index in [-0.39, 0.29) is 18.8 Å². The zero-order valence-corrected chi connectivity index (χ0v) is 18.3. The fourth-order valence-electron chi connectivity index (χ4n) is 4.44. The number of nitrogens with one attached hydrogen (secondary N) is 1. The molecule has 0 bridgehead atoms. The largest absolute Gasteiger partial charge is 0.488 e. The number of pyridine rings is 2. The van der Waals surface area contributed by atoms with Gasteiger partial charge < -0.3 is 15.2 Å². The third kappa shape index (κ3) is 3.80. The van der Waals surface area contributed by atoms with Gasteiger partial charge in [-0.1, -0.05) is 0 Å². The van der Waals surface area contributed by atoms with Crippen LogP contribution in [0, 0.1) is 0 Å². The quantitative estimate of drug-likeness (QED) is 0.481. The predicted octanol–water partition coefficient (Wildman–Crippen LogP) is 3.32. The number of nitrogens with zero attached hydrogens (tertiary/aromatic N) is 6. The van der Waals surface area contributed by atoms with E-state index in [1.54, 1.807) is 10.9 Å². The molecule has 0 aliphatic heterocycles. The van der Waals surface area contributed by atoms with E-state index < -0.39 is 0 Å². The Labute approximate surface area is 186 Å². The molecule has 1 aliphatic carbocycles. The average Bonchev–Trinajstić information content (AvgIpc) is 3.43. The second kappa shape index (κ2) is 8.58. The third-order valence-electron chi connectivity index (χ3n) is 6.11. The Balaban J connectivity index is 1.40. The van der Waals surface area contributed by atoms with E-state index in [9.17, 15) is 5.11 Å². The van der Waals surface area contributed by atoms with Crippen molar-refractivity contribution in [2.45, 2.75) is 44.4 Å². The fraction of sp³-hybridized carbons (Fsp3) is 0.391. The van der Waals surface area contributed by atoms with Crippen molar-refractivity contribution in [1.82, 2.24) is 29.5 Å². The van der Waals surface area contributed by atoms with Gasteiger partial charge in [-0.05, 0) is 37.8 Å². The highest BCUT2D eigenvalue weighted by Crippen LogP contribution is 2.36. The van der Waals surface area contributed by atoms with Crippen LogP contribution in [0.5, 0.6) is 5.75 Å². The van der Waals surface area contributed by atoms with E-state index in [0.29, 0.717) is 11.4 Å². The van der Waals surface area contributed by atoms with Crippen molar-refractivity contribution >= 4 is 16.7 Å². The highest BCUT2D eigenvalue weighted by Gasteiger charge is 2.27. The Kier molecular flexibility index (Phi) is 5.48. The maximum atomic E-state index is 9.51. The summed E-state index contributed by atoms with van der Waals surface area (Å²) in [6.45, 7) is -0.121. The zero-order chi connectivity index (χ0) is 22.1. The van der Waals surface area contributed by atoms with Crippen molar-refractivity contribution in [3.05, 3.63) is 48.7 Å². The summed E-state index contributed by atoms with van der Waals surface area (Å²) in [6, 6.07) is 6.05. The molecule has 32 heavy (non-hydrogen) atoms. The third-order valence-corrected chi connectivity index (χ3v) is 6.11. The van der Waals surface area contributed by atoms with Crippen LogP contribution in [0.4, 0.5) is 5.82 Å². The summed E-state index contributed by atoms with van der Waals surface area (Å²) in [6.07, 6.45) is 11.2. The Bertz CT molecular complexity index is 1220. The van der Waals surface area contributed by atoms with Gasteiger partial charge in [-0.2, -0.15) is 10.2 Å². The number of aryl methyl sites for hydroxylation is 1. The maximum Gasteiger partial charge on any atom is 0.143 e. The van der Waals surface area contributed by atoms with Gasteiger partial charge >= 0.3 is 0 Å². The van der Waals surface area contributed by atoms with Gasteiger partial charge in [0.2, 0.25) is 0 Å². The monoisotopic (exact) mass is 433 g/mol. The average molecular weight is 434 g/mol. The second-order valence-electron chi connectivity index (χ2n) is 8.19. The molecule has 9 heteroatoms. The molecule has 0 saturated heterocycles. The Morgan fingerprint density at radius 2 is 2.03 bits per heavy atom. The number of aliphatic hydroxyl groups excluding tert-OH is 1. The second-order valence-corrected chi connectivity index (χ2v) is 8.19. The molecule has 1 saturated carbocycles. The molecule has 2 N–H and O–H groups in total. The SMILES string of the molecule is CNc1cc2c(cn1)c(-c1cnn(C)c1)nn2C1CCC(Oc2cccnc2CO)CC1. The lowest BCUT2D eigenvalue weighted by atomic mass is 9.93. The minimum Gasteiger partial charge on any atom is -0.488 e. The van der Waals surface area contributed by atoms with Gasteiger partial charge in [-0.15, -0.1) is 0 Å². The summed E-state index contributed by atoms with van der Waals surface area (Å²) in [4.78, 5) is 8.72. The number of fused-ring (bicyclic) bond motifs is 1. The molecular formula is C23H27N7O2. The van der Waals surface area contributed by atoms with Gasteiger partial charge in [0.15, 0.2) is 0 Å². The van der Waals surface area contributed by atoms with E-state index in [1.165, 1.54) is 0 Å². The maximum absolute atomic E-state index is 9.51. The van der Waals surface area contributed by atoms with Crippen LogP contribution in [-0.4, -0.2) is 47.8 Å². The van der Waals surface area contributed by atoms with Crippen LogP contribution in [-0.2, 0) is 13.7 Å². The van der Waals surface area contributed by atoms with Crippen molar-refractivity contribution < 1.29 is 9.84 Å². The predicted molar refractivity (Wildman–Crippen MR) is 121 cm³/mol. The first-order valence-corrected chi connectivity index (χ1v) is 10.9. The number of aromatic nitrogens is 6. The van der Waals surface area contributed by atoms with Crippen molar-refractivity contribution in [2.24, 2.45) is 7.05 Å². The highest BCUT2D eigenvalue weighted by atomic mass is 16.5. The molecule has 0 aromatic carbocycles. The van der Waals surface area contributed by atoms with Gasteiger partial charge in [-0.3, -0.25) is 14.3 Å².